The third-order valence-electron chi connectivity index (χ3n) is 4.26. The molecule has 0 saturated heterocycles. The number of urea groups is 1. The number of thioether (sulfide) groups is 1. The van der Waals surface area contributed by atoms with Crippen LogP contribution in [0.4, 0.5) is 4.79 Å². The normalized spacial score (nSPS) is 12.3. The van der Waals surface area contributed by atoms with Crippen LogP contribution in [0.15, 0.2) is 42.1 Å². The second kappa shape index (κ2) is 9.73. The molecule has 156 valence electrons. The monoisotopic (exact) mass is 415 g/mol. The molecule has 2 N–H and O–H groups in total. The standard InChI is InChI=1S/C21H29N5O2S/c1-7-13-26-17(15-9-11-16(12-10-15)21(4,5)6)24-25-20(26)29-14(3)18(27)23-19(28)22-8-2/h7,9-12,14H,1,8,13H2,2-6H3,(H2,22,23,27,28). The van der Waals surface area contributed by atoms with Crippen LogP contribution < -0.4 is 10.6 Å². The van der Waals surface area contributed by atoms with E-state index in [0.29, 0.717) is 24.1 Å². The van der Waals surface area contributed by atoms with Crippen molar-refractivity contribution in [2.45, 2.75) is 57.0 Å². The molecule has 1 atom stereocenters. The largest absolute Gasteiger partial charge is 0.338 e. The van der Waals surface area contributed by atoms with Gasteiger partial charge in [0.05, 0.1) is 5.25 Å². The van der Waals surface area contributed by atoms with Gasteiger partial charge in [-0.15, -0.1) is 16.8 Å². The Balaban J connectivity index is 2.23. The highest BCUT2D eigenvalue weighted by molar-refractivity contribution is 8.00. The van der Waals surface area contributed by atoms with Crippen LogP contribution in [-0.4, -0.2) is 38.5 Å². The van der Waals surface area contributed by atoms with Crippen LogP contribution in [-0.2, 0) is 16.8 Å². The highest BCUT2D eigenvalue weighted by Crippen LogP contribution is 2.29. The molecule has 0 aliphatic carbocycles. The Bertz CT molecular complexity index is 868. The molecule has 1 aromatic carbocycles. The lowest BCUT2D eigenvalue weighted by molar-refractivity contribution is -0.119. The van der Waals surface area contributed by atoms with Gasteiger partial charge in [-0.05, 0) is 24.8 Å². The molecule has 0 fully saturated rings. The summed E-state index contributed by atoms with van der Waals surface area (Å²) >= 11 is 1.25. The minimum atomic E-state index is -0.513. The molecule has 2 rings (SSSR count). The quantitative estimate of drug-likeness (QED) is 0.531. The van der Waals surface area contributed by atoms with Crippen molar-refractivity contribution in [1.82, 2.24) is 25.4 Å². The summed E-state index contributed by atoms with van der Waals surface area (Å²) in [7, 11) is 0. The van der Waals surface area contributed by atoms with E-state index in [-0.39, 0.29) is 11.3 Å². The summed E-state index contributed by atoms with van der Waals surface area (Å²) in [5.74, 6) is 0.328. The number of benzene rings is 1. The first-order valence-corrected chi connectivity index (χ1v) is 10.5. The Labute approximate surface area is 176 Å². The van der Waals surface area contributed by atoms with Gasteiger partial charge >= 0.3 is 6.03 Å². The van der Waals surface area contributed by atoms with Crippen molar-refractivity contribution in [3.05, 3.63) is 42.5 Å². The molecule has 3 amide bonds. The third-order valence-corrected chi connectivity index (χ3v) is 5.34. The highest BCUT2D eigenvalue weighted by Gasteiger charge is 2.22. The molecule has 0 saturated carbocycles. The van der Waals surface area contributed by atoms with E-state index in [9.17, 15) is 9.59 Å². The van der Waals surface area contributed by atoms with Gasteiger partial charge in [0.2, 0.25) is 5.91 Å². The molecule has 7 nitrogen and oxygen atoms in total. The number of hydrogen-bond donors (Lipinski definition) is 2. The van der Waals surface area contributed by atoms with Crippen LogP contribution in [0.5, 0.6) is 0 Å². The lowest BCUT2D eigenvalue weighted by Crippen LogP contribution is -2.42. The minimum Gasteiger partial charge on any atom is -0.338 e. The first kappa shape index (κ1) is 22.7. The van der Waals surface area contributed by atoms with E-state index in [0.717, 1.165) is 5.56 Å². The Morgan fingerprint density at radius 3 is 2.45 bits per heavy atom. The Morgan fingerprint density at radius 1 is 1.24 bits per heavy atom. The molecule has 0 bridgehead atoms. The first-order valence-electron chi connectivity index (χ1n) is 9.57. The number of hydrogen-bond acceptors (Lipinski definition) is 5. The number of imide groups is 1. The molecule has 0 spiro atoms. The molecule has 0 aliphatic rings. The average Bonchev–Trinajstić information content (AvgIpc) is 3.04. The van der Waals surface area contributed by atoms with Gasteiger partial charge in [0.25, 0.3) is 0 Å². The zero-order chi connectivity index (χ0) is 21.6. The second-order valence-electron chi connectivity index (χ2n) is 7.64. The molecule has 1 heterocycles. The molecule has 2 aromatic rings. The van der Waals surface area contributed by atoms with Gasteiger partial charge in [0, 0.05) is 18.7 Å². The lowest BCUT2D eigenvalue weighted by atomic mass is 9.87. The predicted molar refractivity (Wildman–Crippen MR) is 117 cm³/mol. The molecule has 0 radical (unpaired) electrons. The molecule has 29 heavy (non-hydrogen) atoms. The van der Waals surface area contributed by atoms with Crippen molar-refractivity contribution < 1.29 is 9.59 Å². The zero-order valence-electron chi connectivity index (χ0n) is 17.7. The van der Waals surface area contributed by atoms with Crippen molar-refractivity contribution in [3.8, 4) is 11.4 Å². The maximum absolute atomic E-state index is 12.2. The molecular formula is C21H29N5O2S. The van der Waals surface area contributed by atoms with E-state index in [2.05, 4.69) is 60.3 Å². The van der Waals surface area contributed by atoms with Crippen LogP contribution in [0.1, 0.15) is 40.2 Å². The summed E-state index contributed by atoms with van der Waals surface area (Å²) in [6.07, 6.45) is 1.76. The van der Waals surface area contributed by atoms with Crippen molar-refractivity contribution in [2.24, 2.45) is 0 Å². The van der Waals surface area contributed by atoms with Crippen LogP contribution in [0.2, 0.25) is 0 Å². The van der Waals surface area contributed by atoms with E-state index in [1.54, 1.807) is 19.9 Å². The number of carbonyl (C=O) groups excluding carboxylic acids is 2. The molecule has 0 aliphatic heterocycles. The Morgan fingerprint density at radius 2 is 1.90 bits per heavy atom. The fourth-order valence-corrected chi connectivity index (χ4v) is 3.49. The number of amides is 3. The lowest BCUT2D eigenvalue weighted by Gasteiger charge is -2.19. The zero-order valence-corrected chi connectivity index (χ0v) is 18.5. The van der Waals surface area contributed by atoms with Gasteiger partial charge < -0.3 is 5.32 Å². The van der Waals surface area contributed by atoms with Crippen LogP contribution >= 0.6 is 11.8 Å². The maximum atomic E-state index is 12.2. The van der Waals surface area contributed by atoms with E-state index in [1.807, 2.05) is 16.7 Å². The first-order chi connectivity index (χ1) is 13.7. The van der Waals surface area contributed by atoms with Gasteiger partial charge in [-0.1, -0.05) is 62.9 Å². The van der Waals surface area contributed by atoms with Gasteiger partial charge in [-0.2, -0.15) is 0 Å². The predicted octanol–water partition coefficient (Wildman–Crippen LogP) is 3.75. The summed E-state index contributed by atoms with van der Waals surface area (Å²) < 4.78 is 1.92. The topological polar surface area (TPSA) is 88.9 Å². The summed E-state index contributed by atoms with van der Waals surface area (Å²) in [5, 5.41) is 13.5. The van der Waals surface area contributed by atoms with Gasteiger partial charge in [-0.3, -0.25) is 14.7 Å². The summed E-state index contributed by atoms with van der Waals surface area (Å²) in [5.41, 5.74) is 2.25. The number of nitrogens with zero attached hydrogens (tertiary/aromatic N) is 3. The smallest absolute Gasteiger partial charge is 0.321 e. The summed E-state index contributed by atoms with van der Waals surface area (Å²) in [4.78, 5) is 23.8. The van der Waals surface area contributed by atoms with Crippen molar-refractivity contribution in [1.29, 1.82) is 0 Å². The number of allylic oxidation sites excluding steroid dienone is 1. The number of rotatable bonds is 7. The van der Waals surface area contributed by atoms with Crippen molar-refractivity contribution >= 4 is 23.7 Å². The molecule has 1 unspecified atom stereocenters. The van der Waals surface area contributed by atoms with E-state index < -0.39 is 11.3 Å². The van der Waals surface area contributed by atoms with Crippen molar-refractivity contribution in [3.63, 3.8) is 0 Å². The number of nitrogens with one attached hydrogen (secondary N) is 2. The van der Waals surface area contributed by atoms with Crippen LogP contribution in [0.3, 0.4) is 0 Å². The van der Waals surface area contributed by atoms with E-state index >= 15 is 0 Å². The van der Waals surface area contributed by atoms with Gasteiger partial charge in [0.15, 0.2) is 11.0 Å². The number of carbonyl (C=O) groups is 2. The van der Waals surface area contributed by atoms with E-state index in [1.165, 1.54) is 17.3 Å². The van der Waals surface area contributed by atoms with Crippen molar-refractivity contribution in [2.75, 3.05) is 6.54 Å². The summed E-state index contributed by atoms with van der Waals surface area (Å²) in [6, 6.07) is 7.75. The minimum absolute atomic E-state index is 0.0706. The highest BCUT2D eigenvalue weighted by atomic mass is 32.2. The maximum Gasteiger partial charge on any atom is 0.321 e. The second-order valence-corrected chi connectivity index (χ2v) is 8.95. The Kier molecular flexibility index (Phi) is 7.61. The fourth-order valence-electron chi connectivity index (χ4n) is 2.63. The molecule has 8 heteroatoms. The third kappa shape index (κ3) is 5.93. The number of aromatic nitrogens is 3. The van der Waals surface area contributed by atoms with Crippen LogP contribution in [0.25, 0.3) is 11.4 Å². The van der Waals surface area contributed by atoms with Gasteiger partial charge in [0.1, 0.15) is 0 Å². The Hall–Kier alpha value is -2.61. The molecular weight excluding hydrogens is 386 g/mol. The van der Waals surface area contributed by atoms with Gasteiger partial charge in [-0.25, -0.2) is 4.79 Å². The SMILES string of the molecule is C=CCn1c(SC(C)C(=O)NC(=O)NCC)nnc1-c1ccc(C(C)(C)C)cc1. The average molecular weight is 416 g/mol. The fraction of sp³-hybridized carbons (Fsp3) is 0.429. The van der Waals surface area contributed by atoms with E-state index in [4.69, 9.17) is 0 Å². The molecule has 1 aromatic heterocycles. The summed E-state index contributed by atoms with van der Waals surface area (Å²) in [6.45, 7) is 14.8. The van der Waals surface area contributed by atoms with Crippen LogP contribution in [0, 0.1) is 0 Å².